The van der Waals surface area contributed by atoms with E-state index in [-0.39, 0.29) is 5.91 Å². The lowest BCUT2D eigenvalue weighted by Gasteiger charge is -2.35. The number of carbonyl (C=O) groups is 2. The highest BCUT2D eigenvalue weighted by Crippen LogP contribution is 2.15. The van der Waals surface area contributed by atoms with Crippen molar-refractivity contribution in [2.24, 2.45) is 0 Å². The first-order valence-corrected chi connectivity index (χ1v) is 11.5. The lowest BCUT2D eigenvalue weighted by atomic mass is 10.0. The predicted molar refractivity (Wildman–Crippen MR) is 131 cm³/mol. The maximum absolute atomic E-state index is 13.3. The van der Waals surface area contributed by atoms with Gasteiger partial charge in [0.05, 0.1) is 0 Å². The highest BCUT2D eigenvalue weighted by atomic mass is 16.6. The lowest BCUT2D eigenvalue weighted by Crippen LogP contribution is -2.55. The van der Waals surface area contributed by atoms with Crippen LogP contribution in [0.3, 0.4) is 0 Å². The number of nitrogens with one attached hydrogen (secondary N) is 2. The van der Waals surface area contributed by atoms with E-state index in [0.29, 0.717) is 19.5 Å². The van der Waals surface area contributed by atoms with E-state index >= 15 is 0 Å². The van der Waals surface area contributed by atoms with Crippen molar-refractivity contribution >= 4 is 17.7 Å². The van der Waals surface area contributed by atoms with E-state index in [0.717, 1.165) is 30.9 Å². The average Bonchev–Trinajstić information content (AvgIpc) is 2.77. The van der Waals surface area contributed by atoms with Gasteiger partial charge in [-0.15, -0.1) is 0 Å². The molecule has 7 heteroatoms. The van der Waals surface area contributed by atoms with Gasteiger partial charge in [-0.2, -0.15) is 0 Å². The van der Waals surface area contributed by atoms with Crippen molar-refractivity contribution in [1.29, 1.82) is 0 Å². The number of nitrogens with zero attached hydrogens (tertiary/aromatic N) is 2. The molecule has 2 N–H and O–H groups in total. The monoisotopic (exact) mass is 452 g/mol. The molecule has 0 aliphatic carbocycles. The van der Waals surface area contributed by atoms with Gasteiger partial charge < -0.3 is 25.2 Å². The molecule has 2 amide bonds. The van der Waals surface area contributed by atoms with Crippen molar-refractivity contribution in [3.63, 3.8) is 0 Å². The fraction of sp³-hybridized carbons (Fsp3) is 0.462. The number of rotatable bonds is 7. The van der Waals surface area contributed by atoms with Crippen LogP contribution in [0.15, 0.2) is 54.6 Å². The minimum Gasteiger partial charge on any atom is -0.444 e. The summed E-state index contributed by atoms with van der Waals surface area (Å²) in [4.78, 5) is 29.7. The topological polar surface area (TPSA) is 73.9 Å². The summed E-state index contributed by atoms with van der Waals surface area (Å²) in [5, 5.41) is 6.22. The molecule has 2 aromatic carbocycles. The molecule has 1 atom stereocenters. The predicted octanol–water partition coefficient (Wildman–Crippen LogP) is 3.51. The first-order chi connectivity index (χ1) is 15.7. The minimum atomic E-state index is -0.675. The van der Waals surface area contributed by atoms with E-state index in [1.54, 1.807) is 0 Å². The number of amides is 2. The first kappa shape index (κ1) is 24.6. The fourth-order valence-electron chi connectivity index (χ4n) is 3.69. The van der Waals surface area contributed by atoms with Gasteiger partial charge in [-0.1, -0.05) is 42.5 Å². The van der Waals surface area contributed by atoms with E-state index in [1.165, 1.54) is 5.56 Å². The molecular weight excluding hydrogens is 416 g/mol. The zero-order valence-electron chi connectivity index (χ0n) is 20.1. The lowest BCUT2D eigenvalue weighted by molar-refractivity contribution is -0.135. The molecule has 1 fully saturated rings. The van der Waals surface area contributed by atoms with Crippen molar-refractivity contribution in [3.8, 4) is 0 Å². The van der Waals surface area contributed by atoms with Crippen LogP contribution in [-0.2, 0) is 22.5 Å². The van der Waals surface area contributed by atoms with Gasteiger partial charge in [0.2, 0.25) is 5.91 Å². The first-order valence-electron chi connectivity index (χ1n) is 11.5. The van der Waals surface area contributed by atoms with Crippen molar-refractivity contribution in [2.75, 3.05) is 38.5 Å². The van der Waals surface area contributed by atoms with Gasteiger partial charge in [-0.05, 0) is 51.1 Å². The number of likely N-dealkylation sites (N-methyl/N-ethyl adjacent to an activating group) is 1. The smallest absolute Gasteiger partial charge is 0.408 e. The van der Waals surface area contributed by atoms with Gasteiger partial charge in [0.15, 0.2) is 0 Å². The third kappa shape index (κ3) is 8.09. The second kappa shape index (κ2) is 11.2. The van der Waals surface area contributed by atoms with Gasteiger partial charge in [-0.25, -0.2) is 4.79 Å². The van der Waals surface area contributed by atoms with Gasteiger partial charge in [0.1, 0.15) is 11.6 Å². The number of anilines is 1. The van der Waals surface area contributed by atoms with Crippen molar-refractivity contribution in [3.05, 3.63) is 65.7 Å². The summed E-state index contributed by atoms with van der Waals surface area (Å²) in [6.45, 7) is 9.14. The van der Waals surface area contributed by atoms with Gasteiger partial charge in [0.25, 0.3) is 0 Å². The molecule has 1 aliphatic heterocycles. The Morgan fingerprint density at radius 3 is 2.18 bits per heavy atom. The van der Waals surface area contributed by atoms with Crippen LogP contribution in [0.2, 0.25) is 0 Å². The van der Waals surface area contributed by atoms with Crippen molar-refractivity contribution in [2.45, 2.75) is 45.4 Å². The summed E-state index contributed by atoms with van der Waals surface area (Å²) in [7, 11) is 2.05. The average molecular weight is 453 g/mol. The Kier molecular flexibility index (Phi) is 8.33. The standard InChI is InChI=1S/C26H36N4O3/c1-26(2,3)33-25(32)28-23(24(31)30-16-14-29(4)15-17-30)18-20-10-12-22(13-11-20)27-19-21-8-6-5-7-9-21/h5-13,23,27H,14-19H2,1-4H3,(H,28,32)/t23-/m1/s1. The maximum atomic E-state index is 13.3. The fourth-order valence-corrected chi connectivity index (χ4v) is 3.69. The van der Waals surface area contributed by atoms with Crippen LogP contribution < -0.4 is 10.6 Å². The molecule has 3 rings (SSSR count). The number of piperazine rings is 1. The van der Waals surface area contributed by atoms with Gasteiger partial charge in [-0.3, -0.25) is 4.79 Å². The van der Waals surface area contributed by atoms with E-state index in [2.05, 4.69) is 27.7 Å². The minimum absolute atomic E-state index is 0.0692. The normalized spacial score (nSPS) is 15.6. The molecule has 0 saturated carbocycles. The van der Waals surface area contributed by atoms with Crippen LogP contribution in [0.4, 0.5) is 10.5 Å². The quantitative estimate of drug-likeness (QED) is 0.673. The molecule has 0 aromatic heterocycles. The van der Waals surface area contributed by atoms with Gasteiger partial charge >= 0.3 is 6.09 Å². The summed E-state index contributed by atoms with van der Waals surface area (Å²) in [6.07, 6.45) is -0.167. The SMILES string of the molecule is CN1CCN(C(=O)[C@@H](Cc2ccc(NCc3ccccc3)cc2)NC(=O)OC(C)(C)C)CC1. The molecule has 0 spiro atoms. The maximum Gasteiger partial charge on any atom is 0.408 e. The van der Waals surface area contributed by atoms with Gasteiger partial charge in [0, 0.05) is 44.8 Å². The molecule has 1 aliphatic rings. The summed E-state index contributed by atoms with van der Waals surface area (Å²) in [6, 6.07) is 17.5. The summed E-state index contributed by atoms with van der Waals surface area (Å²) in [5.41, 5.74) is 2.56. The number of carbonyl (C=O) groups excluding carboxylic acids is 2. The van der Waals surface area contributed by atoms with Crippen LogP contribution in [0, 0.1) is 0 Å². The third-order valence-corrected chi connectivity index (χ3v) is 5.54. The molecule has 2 aromatic rings. The molecular formula is C26H36N4O3. The Labute approximate surface area is 197 Å². The Morgan fingerprint density at radius 2 is 1.58 bits per heavy atom. The van der Waals surface area contributed by atoms with Crippen LogP contribution >= 0.6 is 0 Å². The molecule has 1 saturated heterocycles. The molecule has 0 unspecified atom stereocenters. The number of hydrogen-bond acceptors (Lipinski definition) is 5. The number of ether oxygens (including phenoxy) is 1. The number of benzene rings is 2. The van der Waals surface area contributed by atoms with Crippen molar-refractivity contribution < 1.29 is 14.3 Å². The van der Waals surface area contributed by atoms with E-state index < -0.39 is 17.7 Å². The molecule has 33 heavy (non-hydrogen) atoms. The zero-order valence-corrected chi connectivity index (χ0v) is 20.1. The van der Waals surface area contributed by atoms with Crippen LogP contribution in [0.1, 0.15) is 31.9 Å². The molecule has 7 nitrogen and oxygen atoms in total. The highest BCUT2D eigenvalue weighted by Gasteiger charge is 2.29. The summed E-state index contributed by atoms with van der Waals surface area (Å²) in [5.74, 6) is -0.0692. The Morgan fingerprint density at radius 1 is 0.939 bits per heavy atom. The number of hydrogen-bond donors (Lipinski definition) is 2. The molecule has 0 bridgehead atoms. The van der Waals surface area contributed by atoms with E-state index in [4.69, 9.17) is 4.74 Å². The molecule has 1 heterocycles. The second-order valence-corrected chi connectivity index (χ2v) is 9.57. The Hall–Kier alpha value is -3.06. The highest BCUT2D eigenvalue weighted by molar-refractivity contribution is 5.86. The third-order valence-electron chi connectivity index (χ3n) is 5.54. The zero-order chi connectivity index (χ0) is 23.8. The van der Waals surface area contributed by atoms with E-state index in [1.807, 2.05) is 75.2 Å². The van der Waals surface area contributed by atoms with Crippen LogP contribution in [0.5, 0.6) is 0 Å². The molecule has 178 valence electrons. The summed E-state index contributed by atoms with van der Waals surface area (Å²) < 4.78 is 5.41. The second-order valence-electron chi connectivity index (χ2n) is 9.57. The van der Waals surface area contributed by atoms with Crippen molar-refractivity contribution in [1.82, 2.24) is 15.1 Å². The Bertz CT molecular complexity index is 901. The largest absolute Gasteiger partial charge is 0.444 e. The molecule has 0 radical (unpaired) electrons. The van der Waals surface area contributed by atoms with Crippen LogP contribution in [-0.4, -0.2) is 66.7 Å². The Balaban J connectivity index is 1.65. The van der Waals surface area contributed by atoms with E-state index in [9.17, 15) is 9.59 Å². The number of alkyl carbamates (subject to hydrolysis) is 1. The summed E-state index contributed by atoms with van der Waals surface area (Å²) >= 11 is 0. The van der Waals surface area contributed by atoms with Crippen LogP contribution in [0.25, 0.3) is 0 Å².